The molecule has 1 saturated carbocycles. The van der Waals surface area contributed by atoms with Crippen molar-refractivity contribution in [1.29, 1.82) is 5.26 Å². The lowest BCUT2D eigenvalue weighted by atomic mass is 10.3. The Morgan fingerprint density at radius 1 is 1.30 bits per heavy atom. The van der Waals surface area contributed by atoms with Gasteiger partial charge in [-0.25, -0.2) is 4.98 Å². The van der Waals surface area contributed by atoms with Gasteiger partial charge in [0.25, 0.3) is 0 Å². The summed E-state index contributed by atoms with van der Waals surface area (Å²) in [7, 11) is 0. The quantitative estimate of drug-likeness (QED) is 0.706. The minimum atomic E-state index is 0.315. The Hall–Kier alpha value is -2.06. The van der Waals surface area contributed by atoms with Gasteiger partial charge in [0.05, 0.1) is 11.0 Å². The topological polar surface area (TPSA) is 54.8 Å². The molecule has 0 amide bonds. The third kappa shape index (κ3) is 1.76. The Morgan fingerprint density at radius 3 is 2.85 bits per heavy atom. The second-order valence-electron chi connectivity index (χ2n) is 4.95. The number of hydrogen-bond acceptors (Lipinski definition) is 3. The summed E-state index contributed by atoms with van der Waals surface area (Å²) in [4.78, 5) is 4.68. The molecular formula is C15H10BrN3O. The van der Waals surface area contributed by atoms with E-state index in [0.717, 1.165) is 21.3 Å². The predicted molar refractivity (Wildman–Crippen MR) is 78.1 cm³/mol. The van der Waals surface area contributed by atoms with Crippen molar-refractivity contribution in [2.75, 3.05) is 0 Å². The van der Waals surface area contributed by atoms with Crippen molar-refractivity contribution >= 4 is 27.0 Å². The van der Waals surface area contributed by atoms with E-state index in [1.807, 2.05) is 24.3 Å². The number of benzene rings is 1. The van der Waals surface area contributed by atoms with Gasteiger partial charge in [0, 0.05) is 10.5 Å². The molecule has 4 rings (SSSR count). The minimum Gasteiger partial charge on any atom is -0.442 e. The second-order valence-corrected chi connectivity index (χ2v) is 5.86. The van der Waals surface area contributed by atoms with Crippen molar-refractivity contribution in [1.82, 2.24) is 9.55 Å². The maximum absolute atomic E-state index is 8.89. The molecule has 2 heterocycles. The molecule has 4 nitrogen and oxygen atoms in total. The largest absolute Gasteiger partial charge is 0.442 e. The molecule has 0 unspecified atom stereocenters. The van der Waals surface area contributed by atoms with Crippen LogP contribution in [0.5, 0.6) is 0 Å². The van der Waals surface area contributed by atoms with Gasteiger partial charge in [-0.15, -0.1) is 0 Å². The molecule has 1 aliphatic rings. The highest BCUT2D eigenvalue weighted by Crippen LogP contribution is 2.41. The van der Waals surface area contributed by atoms with E-state index in [1.54, 1.807) is 6.07 Å². The fraction of sp³-hybridized carbons (Fsp3) is 0.200. The third-order valence-electron chi connectivity index (χ3n) is 3.50. The minimum absolute atomic E-state index is 0.315. The number of hydrogen-bond donors (Lipinski definition) is 0. The zero-order valence-corrected chi connectivity index (χ0v) is 12.1. The molecule has 3 aromatic rings. The van der Waals surface area contributed by atoms with E-state index in [0.29, 0.717) is 17.6 Å². The molecule has 0 atom stereocenters. The van der Waals surface area contributed by atoms with Crippen LogP contribution >= 0.6 is 15.9 Å². The van der Waals surface area contributed by atoms with Crippen molar-refractivity contribution < 1.29 is 4.42 Å². The van der Waals surface area contributed by atoms with Crippen LogP contribution in [0, 0.1) is 11.3 Å². The summed E-state index contributed by atoms with van der Waals surface area (Å²) in [5, 5.41) is 8.89. The lowest BCUT2D eigenvalue weighted by molar-refractivity contribution is 0.557. The van der Waals surface area contributed by atoms with Gasteiger partial charge in [-0.3, -0.25) is 0 Å². The molecule has 1 aromatic carbocycles. The van der Waals surface area contributed by atoms with Crippen LogP contribution in [-0.4, -0.2) is 9.55 Å². The van der Waals surface area contributed by atoms with Gasteiger partial charge in [-0.05, 0) is 43.2 Å². The zero-order chi connectivity index (χ0) is 13.7. The zero-order valence-electron chi connectivity index (χ0n) is 10.5. The molecule has 1 fully saturated rings. The van der Waals surface area contributed by atoms with E-state index < -0.39 is 0 Å². The van der Waals surface area contributed by atoms with E-state index >= 15 is 0 Å². The van der Waals surface area contributed by atoms with Crippen molar-refractivity contribution in [3.8, 4) is 17.7 Å². The Balaban J connectivity index is 1.98. The van der Waals surface area contributed by atoms with Crippen molar-refractivity contribution in [3.63, 3.8) is 0 Å². The summed E-state index contributed by atoms with van der Waals surface area (Å²) in [6.07, 6.45) is 2.33. The molecular weight excluding hydrogens is 318 g/mol. The number of furan rings is 1. The smallest absolute Gasteiger partial charge is 0.204 e. The molecule has 98 valence electrons. The first kappa shape index (κ1) is 11.7. The normalized spacial score (nSPS) is 14.6. The van der Waals surface area contributed by atoms with E-state index in [4.69, 9.17) is 9.68 Å². The number of nitrogens with zero attached hydrogens (tertiary/aromatic N) is 3. The molecule has 0 spiro atoms. The fourth-order valence-electron chi connectivity index (χ4n) is 2.47. The number of rotatable bonds is 2. The van der Waals surface area contributed by atoms with E-state index in [9.17, 15) is 0 Å². The summed E-state index contributed by atoms with van der Waals surface area (Å²) in [5.74, 6) is 1.78. The summed E-state index contributed by atoms with van der Waals surface area (Å²) < 4.78 is 8.77. The standard InChI is InChI=1S/C15H10BrN3O/c16-9-1-5-13-12(7-9)18-15(19(13)10-2-3-10)14-6-4-11(8-17)20-14/h1,4-7,10H,2-3H2. The molecule has 20 heavy (non-hydrogen) atoms. The SMILES string of the molecule is N#Cc1ccc(-c2nc3cc(Br)ccc3n2C2CC2)o1. The highest BCUT2D eigenvalue weighted by molar-refractivity contribution is 9.10. The van der Waals surface area contributed by atoms with E-state index in [-0.39, 0.29) is 0 Å². The lowest BCUT2D eigenvalue weighted by Crippen LogP contribution is -1.96. The highest BCUT2D eigenvalue weighted by atomic mass is 79.9. The van der Waals surface area contributed by atoms with E-state index in [1.165, 1.54) is 12.8 Å². The third-order valence-corrected chi connectivity index (χ3v) is 3.99. The fourth-order valence-corrected chi connectivity index (χ4v) is 2.82. The first-order valence-electron chi connectivity index (χ1n) is 6.44. The maximum Gasteiger partial charge on any atom is 0.204 e. The van der Waals surface area contributed by atoms with Gasteiger partial charge in [-0.1, -0.05) is 15.9 Å². The number of halogens is 1. The Morgan fingerprint density at radius 2 is 2.15 bits per heavy atom. The van der Waals surface area contributed by atoms with E-state index in [2.05, 4.69) is 31.5 Å². The molecule has 0 N–H and O–H groups in total. The summed E-state index contributed by atoms with van der Waals surface area (Å²) >= 11 is 3.47. The number of nitriles is 1. The molecule has 2 aromatic heterocycles. The van der Waals surface area contributed by atoms with Crippen molar-refractivity contribution in [2.45, 2.75) is 18.9 Å². The number of aromatic nitrogens is 2. The van der Waals surface area contributed by atoms with Gasteiger partial charge in [0.15, 0.2) is 11.6 Å². The number of fused-ring (bicyclic) bond motifs is 1. The van der Waals surface area contributed by atoms with Crippen molar-refractivity contribution in [2.24, 2.45) is 0 Å². The molecule has 0 saturated heterocycles. The molecule has 0 radical (unpaired) electrons. The first-order valence-corrected chi connectivity index (χ1v) is 7.23. The van der Waals surface area contributed by atoms with Crippen LogP contribution in [0.15, 0.2) is 39.2 Å². The van der Waals surface area contributed by atoms with Crippen LogP contribution in [0.1, 0.15) is 24.6 Å². The average Bonchev–Trinajstić information content (AvgIpc) is 3.04. The second kappa shape index (κ2) is 4.22. The predicted octanol–water partition coefficient (Wildman–Crippen LogP) is 4.27. The lowest BCUT2D eigenvalue weighted by Gasteiger charge is -2.05. The molecule has 0 aliphatic heterocycles. The van der Waals surface area contributed by atoms with Crippen LogP contribution in [0.4, 0.5) is 0 Å². The van der Waals surface area contributed by atoms with Gasteiger partial charge >= 0.3 is 0 Å². The molecule has 5 heteroatoms. The highest BCUT2D eigenvalue weighted by Gasteiger charge is 2.29. The van der Waals surface area contributed by atoms with Crippen LogP contribution in [-0.2, 0) is 0 Å². The van der Waals surface area contributed by atoms with Crippen molar-refractivity contribution in [3.05, 3.63) is 40.6 Å². The first-order chi connectivity index (χ1) is 9.76. The monoisotopic (exact) mass is 327 g/mol. The van der Waals surface area contributed by atoms with Crippen LogP contribution < -0.4 is 0 Å². The van der Waals surface area contributed by atoms with Crippen LogP contribution in [0.25, 0.3) is 22.6 Å². The number of imidazole rings is 1. The van der Waals surface area contributed by atoms with Crippen LogP contribution in [0.2, 0.25) is 0 Å². The molecule has 1 aliphatic carbocycles. The average molecular weight is 328 g/mol. The van der Waals surface area contributed by atoms with Gasteiger partial charge < -0.3 is 8.98 Å². The van der Waals surface area contributed by atoms with Gasteiger partial charge in [0.1, 0.15) is 6.07 Å². The van der Waals surface area contributed by atoms with Crippen LogP contribution in [0.3, 0.4) is 0 Å². The Labute approximate surface area is 123 Å². The molecule has 0 bridgehead atoms. The van der Waals surface area contributed by atoms with Gasteiger partial charge in [0.2, 0.25) is 5.76 Å². The summed E-state index contributed by atoms with van der Waals surface area (Å²) in [6.45, 7) is 0. The summed E-state index contributed by atoms with van der Waals surface area (Å²) in [5.41, 5.74) is 2.05. The van der Waals surface area contributed by atoms with Gasteiger partial charge in [-0.2, -0.15) is 5.26 Å². The maximum atomic E-state index is 8.89. The Bertz CT molecular complexity index is 852. The Kier molecular flexibility index (Phi) is 2.48. The summed E-state index contributed by atoms with van der Waals surface area (Å²) in [6, 6.07) is 12.1.